The van der Waals surface area contributed by atoms with Crippen LogP contribution in [0, 0.1) is 12.3 Å². The number of nitrogens with zero attached hydrogens (tertiary/aromatic N) is 2. The molecule has 0 radical (unpaired) electrons. The molecule has 0 aromatic rings. The molecule has 0 atom stereocenters. The molecule has 5 nitrogen and oxygen atoms in total. The Morgan fingerprint density at radius 3 is 2.33 bits per heavy atom. The number of amides is 2. The van der Waals surface area contributed by atoms with Crippen LogP contribution in [0.1, 0.15) is 20.8 Å². The normalized spacial score (nSPS) is 10.3. The number of carbonyl (C=O) groups excluding carboxylic acids is 1. The van der Waals surface area contributed by atoms with Crippen molar-refractivity contribution in [3.05, 3.63) is 12.7 Å². The fourth-order valence-corrected chi connectivity index (χ4v) is 1.40. The summed E-state index contributed by atoms with van der Waals surface area (Å²) in [5.41, 5.74) is -0.434. The average Bonchev–Trinajstić information content (AvgIpc) is 2.22. The fourth-order valence-electron chi connectivity index (χ4n) is 1.40. The second-order valence-corrected chi connectivity index (χ2v) is 4.81. The largest absolute Gasteiger partial charge is 0.480 e. The van der Waals surface area contributed by atoms with E-state index >= 15 is 0 Å². The van der Waals surface area contributed by atoms with Crippen molar-refractivity contribution in [2.24, 2.45) is 0 Å². The summed E-state index contributed by atoms with van der Waals surface area (Å²) in [6.07, 6.45) is 6.75. The molecule has 0 saturated heterocycles. The molecule has 1 N–H and O–H groups in total. The number of hydrogen-bond acceptors (Lipinski definition) is 2. The van der Waals surface area contributed by atoms with Crippen LogP contribution in [-0.2, 0) is 4.79 Å². The third-order valence-electron chi connectivity index (χ3n) is 2.23. The van der Waals surface area contributed by atoms with Gasteiger partial charge in [-0.2, -0.15) is 0 Å². The Morgan fingerprint density at radius 1 is 1.44 bits per heavy atom. The summed E-state index contributed by atoms with van der Waals surface area (Å²) in [4.78, 5) is 25.6. The summed E-state index contributed by atoms with van der Waals surface area (Å²) in [6.45, 7) is 9.08. The number of urea groups is 1. The Bertz CT molecular complexity index is 363. The highest BCUT2D eigenvalue weighted by atomic mass is 16.4. The Hall–Kier alpha value is -1.96. The van der Waals surface area contributed by atoms with Gasteiger partial charge in [0.25, 0.3) is 0 Å². The average molecular weight is 252 g/mol. The van der Waals surface area contributed by atoms with Crippen LogP contribution >= 0.6 is 0 Å². The smallest absolute Gasteiger partial charge is 0.323 e. The SMILES string of the molecule is C#CCN(CC(=O)O)C(=O)N(CC=C)C(C)(C)C. The van der Waals surface area contributed by atoms with Gasteiger partial charge in [0.05, 0.1) is 6.54 Å². The second kappa shape index (κ2) is 6.70. The van der Waals surface area contributed by atoms with E-state index < -0.39 is 24.1 Å². The van der Waals surface area contributed by atoms with Crippen LogP contribution in [0.5, 0.6) is 0 Å². The molecule has 0 aliphatic rings. The maximum atomic E-state index is 12.3. The number of rotatable bonds is 5. The van der Waals surface area contributed by atoms with Crippen molar-refractivity contribution in [2.75, 3.05) is 19.6 Å². The van der Waals surface area contributed by atoms with Gasteiger partial charge in [-0.3, -0.25) is 4.79 Å². The van der Waals surface area contributed by atoms with E-state index in [1.165, 1.54) is 4.90 Å². The Labute approximate surface area is 108 Å². The Kier molecular flexibility index (Phi) is 5.97. The zero-order valence-electron chi connectivity index (χ0n) is 11.1. The molecular weight excluding hydrogens is 232 g/mol. The third kappa shape index (κ3) is 4.91. The number of hydrogen-bond donors (Lipinski definition) is 1. The molecule has 0 bridgehead atoms. The summed E-state index contributed by atoms with van der Waals surface area (Å²) in [6, 6.07) is -0.400. The van der Waals surface area contributed by atoms with E-state index in [9.17, 15) is 9.59 Å². The summed E-state index contributed by atoms with van der Waals surface area (Å²) < 4.78 is 0. The highest BCUT2D eigenvalue weighted by Gasteiger charge is 2.29. The topological polar surface area (TPSA) is 60.9 Å². The molecule has 0 rings (SSSR count). The van der Waals surface area contributed by atoms with Crippen LogP contribution in [-0.4, -0.2) is 52.1 Å². The van der Waals surface area contributed by atoms with E-state index in [0.717, 1.165) is 4.90 Å². The van der Waals surface area contributed by atoms with Gasteiger partial charge < -0.3 is 14.9 Å². The van der Waals surface area contributed by atoms with Gasteiger partial charge in [0.15, 0.2) is 0 Å². The van der Waals surface area contributed by atoms with Gasteiger partial charge in [0.1, 0.15) is 6.54 Å². The zero-order chi connectivity index (χ0) is 14.3. The van der Waals surface area contributed by atoms with Crippen LogP contribution in [0.4, 0.5) is 4.79 Å². The van der Waals surface area contributed by atoms with Crippen molar-refractivity contribution in [3.63, 3.8) is 0 Å². The predicted molar refractivity (Wildman–Crippen MR) is 70.1 cm³/mol. The highest BCUT2D eigenvalue weighted by Crippen LogP contribution is 2.15. The monoisotopic (exact) mass is 252 g/mol. The van der Waals surface area contributed by atoms with E-state index in [1.54, 1.807) is 6.08 Å². The first kappa shape index (κ1) is 16.0. The van der Waals surface area contributed by atoms with Crippen LogP contribution < -0.4 is 0 Å². The van der Waals surface area contributed by atoms with Crippen molar-refractivity contribution < 1.29 is 14.7 Å². The summed E-state index contributed by atoms with van der Waals surface area (Å²) in [7, 11) is 0. The van der Waals surface area contributed by atoms with E-state index in [2.05, 4.69) is 12.5 Å². The molecule has 0 heterocycles. The fraction of sp³-hybridized carbons (Fsp3) is 0.538. The lowest BCUT2D eigenvalue weighted by molar-refractivity contribution is -0.137. The molecule has 0 fully saturated rings. The van der Waals surface area contributed by atoms with Gasteiger partial charge in [-0.15, -0.1) is 13.0 Å². The number of carboxylic acids is 1. The molecular formula is C13H20N2O3. The molecule has 0 aromatic carbocycles. The van der Waals surface area contributed by atoms with Crippen molar-refractivity contribution in [1.29, 1.82) is 0 Å². The van der Waals surface area contributed by atoms with Crippen molar-refractivity contribution in [2.45, 2.75) is 26.3 Å². The van der Waals surface area contributed by atoms with Gasteiger partial charge in [-0.25, -0.2) is 4.79 Å². The van der Waals surface area contributed by atoms with Crippen molar-refractivity contribution in [1.82, 2.24) is 9.80 Å². The van der Waals surface area contributed by atoms with Crippen molar-refractivity contribution in [3.8, 4) is 12.3 Å². The van der Waals surface area contributed by atoms with E-state index in [4.69, 9.17) is 11.5 Å². The second-order valence-electron chi connectivity index (χ2n) is 4.81. The summed E-state index contributed by atoms with van der Waals surface area (Å²) in [5.74, 6) is 1.20. The maximum absolute atomic E-state index is 12.3. The van der Waals surface area contributed by atoms with E-state index in [-0.39, 0.29) is 6.54 Å². The van der Waals surface area contributed by atoms with Gasteiger partial charge in [0.2, 0.25) is 0 Å². The number of terminal acetylenes is 1. The lowest BCUT2D eigenvalue weighted by atomic mass is 10.1. The number of carbonyl (C=O) groups is 2. The molecule has 0 aromatic heterocycles. The van der Waals surface area contributed by atoms with Crippen LogP contribution in [0.3, 0.4) is 0 Å². The molecule has 2 amide bonds. The molecule has 0 unspecified atom stereocenters. The van der Waals surface area contributed by atoms with Gasteiger partial charge in [-0.05, 0) is 20.8 Å². The quantitative estimate of drug-likeness (QED) is 0.594. The van der Waals surface area contributed by atoms with Crippen LogP contribution in [0.25, 0.3) is 0 Å². The zero-order valence-corrected chi connectivity index (χ0v) is 11.1. The van der Waals surface area contributed by atoms with Crippen molar-refractivity contribution >= 4 is 12.0 Å². The van der Waals surface area contributed by atoms with Crippen LogP contribution in [0.2, 0.25) is 0 Å². The first-order valence-electron chi connectivity index (χ1n) is 5.56. The first-order chi connectivity index (χ1) is 8.23. The third-order valence-corrected chi connectivity index (χ3v) is 2.23. The van der Waals surface area contributed by atoms with E-state index in [0.29, 0.717) is 6.54 Å². The minimum Gasteiger partial charge on any atom is -0.480 e. The summed E-state index contributed by atoms with van der Waals surface area (Å²) in [5, 5.41) is 8.77. The molecule has 5 heteroatoms. The molecule has 0 aliphatic carbocycles. The summed E-state index contributed by atoms with van der Waals surface area (Å²) >= 11 is 0. The molecule has 18 heavy (non-hydrogen) atoms. The van der Waals surface area contributed by atoms with E-state index in [1.807, 2.05) is 20.8 Å². The van der Waals surface area contributed by atoms with Gasteiger partial charge in [-0.1, -0.05) is 12.0 Å². The maximum Gasteiger partial charge on any atom is 0.323 e. The highest BCUT2D eigenvalue weighted by molar-refractivity contribution is 5.81. The van der Waals surface area contributed by atoms with Crippen LogP contribution in [0.15, 0.2) is 12.7 Å². The molecule has 0 spiro atoms. The Morgan fingerprint density at radius 2 is 2.00 bits per heavy atom. The minimum atomic E-state index is -1.09. The Balaban J connectivity index is 5.06. The molecule has 0 aliphatic heterocycles. The lowest BCUT2D eigenvalue weighted by Gasteiger charge is -2.37. The first-order valence-corrected chi connectivity index (χ1v) is 5.56. The minimum absolute atomic E-state index is 0.0329. The molecule has 100 valence electrons. The number of carboxylic acid groups (broad SMARTS) is 1. The van der Waals surface area contributed by atoms with Gasteiger partial charge >= 0.3 is 12.0 Å². The number of aliphatic carboxylic acids is 1. The standard InChI is InChI=1S/C13H20N2O3/c1-6-8-14(10-11(16)17)12(18)15(9-7-2)13(3,4)5/h1,7H,2,8-10H2,3-5H3,(H,16,17). The molecule has 0 saturated carbocycles. The van der Waals surface area contributed by atoms with Gasteiger partial charge in [0, 0.05) is 12.1 Å². The lowest BCUT2D eigenvalue weighted by Crippen LogP contribution is -2.53. The predicted octanol–water partition coefficient (Wildman–Crippen LogP) is 1.41.